The Balaban J connectivity index is 2.06. The van der Waals surface area contributed by atoms with Gasteiger partial charge in [0.05, 0.1) is 12.2 Å². The Morgan fingerprint density at radius 1 is 1.42 bits per heavy atom. The number of aliphatic hydroxyl groups excluding tert-OH is 1. The van der Waals surface area contributed by atoms with Gasteiger partial charge in [0, 0.05) is 20.3 Å². The number of aliphatic hydroxyl groups is 2. The summed E-state index contributed by atoms with van der Waals surface area (Å²) in [5, 5.41) is 19.7. The lowest BCUT2D eigenvalue weighted by atomic mass is 9.81. The van der Waals surface area contributed by atoms with E-state index in [1.807, 2.05) is 0 Å². The summed E-state index contributed by atoms with van der Waals surface area (Å²) in [5.74, 6) is -2.70. The lowest BCUT2D eigenvalue weighted by Crippen LogP contribution is -2.51. The molecule has 0 amide bonds. The van der Waals surface area contributed by atoms with Gasteiger partial charge in [-0.3, -0.25) is 0 Å². The Morgan fingerprint density at radius 3 is 2.47 bits per heavy atom. The minimum absolute atomic E-state index is 0.121. The molecule has 6 nitrogen and oxygen atoms in total. The number of hydrogen-bond acceptors (Lipinski definition) is 6. The number of carbonyl (C=O) groups is 1. The summed E-state index contributed by atoms with van der Waals surface area (Å²) < 4.78 is 16.2. The molecule has 1 saturated heterocycles. The van der Waals surface area contributed by atoms with Crippen molar-refractivity contribution in [2.45, 2.75) is 76.3 Å². The molecule has 2 fully saturated rings. The van der Waals surface area contributed by atoms with Crippen LogP contribution in [0.25, 0.3) is 0 Å². The second kappa shape index (κ2) is 4.41. The Morgan fingerprint density at radius 2 is 2.05 bits per heavy atom. The molecule has 1 aliphatic carbocycles. The SMILES string of the molecule is CC(C)(O)OC1CCC2(CC1O)OC(C)(C)OC2=O. The molecular formula is C13H22O6. The van der Waals surface area contributed by atoms with E-state index in [0.717, 1.165) is 0 Å². The predicted octanol–water partition coefficient (Wildman–Crippen LogP) is 0.693. The van der Waals surface area contributed by atoms with E-state index >= 15 is 0 Å². The summed E-state index contributed by atoms with van der Waals surface area (Å²) >= 11 is 0. The van der Waals surface area contributed by atoms with E-state index in [0.29, 0.717) is 12.8 Å². The molecule has 6 heteroatoms. The molecule has 1 spiro atoms. The van der Waals surface area contributed by atoms with Gasteiger partial charge in [-0.05, 0) is 26.7 Å². The molecule has 110 valence electrons. The van der Waals surface area contributed by atoms with Gasteiger partial charge in [-0.15, -0.1) is 0 Å². The zero-order valence-corrected chi connectivity index (χ0v) is 11.8. The van der Waals surface area contributed by atoms with Crippen LogP contribution in [-0.2, 0) is 19.0 Å². The molecule has 0 radical (unpaired) electrons. The molecular weight excluding hydrogens is 252 g/mol. The van der Waals surface area contributed by atoms with Crippen LogP contribution in [0.2, 0.25) is 0 Å². The summed E-state index contributed by atoms with van der Waals surface area (Å²) in [4.78, 5) is 12.0. The Labute approximate surface area is 112 Å². The van der Waals surface area contributed by atoms with E-state index in [2.05, 4.69) is 0 Å². The van der Waals surface area contributed by atoms with Gasteiger partial charge in [-0.25, -0.2) is 4.79 Å². The van der Waals surface area contributed by atoms with Crippen molar-refractivity contribution >= 4 is 5.97 Å². The molecule has 2 aliphatic rings. The third-order valence-electron chi connectivity index (χ3n) is 3.39. The molecule has 1 saturated carbocycles. The van der Waals surface area contributed by atoms with Crippen LogP contribution in [0, 0.1) is 0 Å². The Bertz CT molecular complexity index is 372. The topological polar surface area (TPSA) is 85.2 Å². The normalized spacial score (nSPS) is 38.5. The van der Waals surface area contributed by atoms with Crippen molar-refractivity contribution in [2.75, 3.05) is 0 Å². The monoisotopic (exact) mass is 274 g/mol. The van der Waals surface area contributed by atoms with Crippen molar-refractivity contribution < 1.29 is 29.2 Å². The zero-order valence-electron chi connectivity index (χ0n) is 11.8. The molecule has 0 bridgehead atoms. The van der Waals surface area contributed by atoms with Crippen molar-refractivity contribution in [3.05, 3.63) is 0 Å². The largest absolute Gasteiger partial charge is 0.432 e. The van der Waals surface area contributed by atoms with Crippen molar-refractivity contribution in [1.82, 2.24) is 0 Å². The number of hydrogen-bond donors (Lipinski definition) is 2. The first-order valence-electron chi connectivity index (χ1n) is 6.55. The van der Waals surface area contributed by atoms with Gasteiger partial charge in [0.15, 0.2) is 11.4 Å². The van der Waals surface area contributed by atoms with Crippen LogP contribution >= 0.6 is 0 Å². The molecule has 1 heterocycles. The number of esters is 1. The quantitative estimate of drug-likeness (QED) is 0.569. The Kier molecular flexibility index (Phi) is 3.42. The summed E-state index contributed by atoms with van der Waals surface area (Å²) in [6.07, 6.45) is -0.424. The van der Waals surface area contributed by atoms with Crippen molar-refractivity contribution in [1.29, 1.82) is 0 Å². The lowest BCUT2D eigenvalue weighted by Gasteiger charge is -2.39. The van der Waals surface area contributed by atoms with Gasteiger partial charge in [0.25, 0.3) is 0 Å². The standard InChI is InChI=1S/C13H22O6/c1-11(2,16)17-9-5-6-13(7-8(9)14)10(15)18-12(3,4)19-13/h8-9,14,16H,5-7H2,1-4H3. The van der Waals surface area contributed by atoms with Crippen LogP contribution in [0.1, 0.15) is 47.0 Å². The van der Waals surface area contributed by atoms with Crippen molar-refractivity contribution in [3.8, 4) is 0 Å². The predicted molar refractivity (Wildman–Crippen MR) is 65.0 cm³/mol. The Hall–Kier alpha value is -0.690. The van der Waals surface area contributed by atoms with Gasteiger partial charge in [-0.1, -0.05) is 0 Å². The lowest BCUT2D eigenvalue weighted by molar-refractivity contribution is -0.247. The van der Waals surface area contributed by atoms with Crippen LogP contribution in [-0.4, -0.2) is 45.6 Å². The average Bonchev–Trinajstić information content (AvgIpc) is 2.40. The first kappa shape index (κ1) is 14.7. The molecule has 0 aromatic rings. The van der Waals surface area contributed by atoms with Crippen molar-refractivity contribution in [3.63, 3.8) is 0 Å². The fraction of sp³-hybridized carbons (Fsp3) is 0.923. The second-order valence-corrected chi connectivity index (χ2v) is 6.30. The third-order valence-corrected chi connectivity index (χ3v) is 3.39. The van der Waals surface area contributed by atoms with E-state index in [1.165, 1.54) is 13.8 Å². The van der Waals surface area contributed by atoms with Crippen LogP contribution in [0.3, 0.4) is 0 Å². The van der Waals surface area contributed by atoms with Crippen LogP contribution in [0.15, 0.2) is 0 Å². The maximum absolute atomic E-state index is 12.0. The van der Waals surface area contributed by atoms with Gasteiger partial charge in [0.1, 0.15) is 0 Å². The van der Waals surface area contributed by atoms with Crippen LogP contribution in [0.5, 0.6) is 0 Å². The number of cyclic esters (lactones) is 1. The van der Waals surface area contributed by atoms with Gasteiger partial charge in [0.2, 0.25) is 5.79 Å². The summed E-state index contributed by atoms with van der Waals surface area (Å²) in [7, 11) is 0. The minimum Gasteiger partial charge on any atom is -0.432 e. The van der Waals surface area contributed by atoms with Crippen LogP contribution in [0.4, 0.5) is 0 Å². The average molecular weight is 274 g/mol. The number of rotatable bonds is 2. The fourth-order valence-corrected chi connectivity index (χ4v) is 2.77. The summed E-state index contributed by atoms with van der Waals surface area (Å²) in [6, 6.07) is 0. The first-order chi connectivity index (χ1) is 8.53. The molecule has 2 rings (SSSR count). The maximum Gasteiger partial charge on any atom is 0.341 e. The van der Waals surface area contributed by atoms with E-state index < -0.39 is 35.4 Å². The second-order valence-electron chi connectivity index (χ2n) is 6.30. The summed E-state index contributed by atoms with van der Waals surface area (Å²) in [5.41, 5.74) is -1.08. The molecule has 1 aliphatic heterocycles. The molecule has 2 N–H and O–H groups in total. The first-order valence-corrected chi connectivity index (χ1v) is 6.55. The smallest absolute Gasteiger partial charge is 0.341 e. The van der Waals surface area contributed by atoms with Gasteiger partial charge in [-0.2, -0.15) is 0 Å². The third kappa shape index (κ3) is 3.08. The fourth-order valence-electron chi connectivity index (χ4n) is 2.77. The van der Waals surface area contributed by atoms with Crippen LogP contribution < -0.4 is 0 Å². The highest BCUT2D eigenvalue weighted by atomic mass is 16.8. The number of ether oxygens (including phenoxy) is 3. The molecule has 3 atom stereocenters. The highest BCUT2D eigenvalue weighted by Crippen LogP contribution is 2.43. The van der Waals surface area contributed by atoms with E-state index in [1.54, 1.807) is 13.8 Å². The molecule has 3 unspecified atom stereocenters. The van der Waals surface area contributed by atoms with Gasteiger partial charge >= 0.3 is 5.97 Å². The van der Waals surface area contributed by atoms with Crippen molar-refractivity contribution in [2.24, 2.45) is 0 Å². The van der Waals surface area contributed by atoms with E-state index in [9.17, 15) is 15.0 Å². The van der Waals surface area contributed by atoms with E-state index in [4.69, 9.17) is 14.2 Å². The highest BCUT2D eigenvalue weighted by Gasteiger charge is 2.57. The molecule has 19 heavy (non-hydrogen) atoms. The van der Waals surface area contributed by atoms with E-state index in [-0.39, 0.29) is 6.42 Å². The maximum atomic E-state index is 12.0. The highest BCUT2D eigenvalue weighted by molar-refractivity contribution is 5.81. The van der Waals surface area contributed by atoms with Gasteiger partial charge < -0.3 is 24.4 Å². The molecule has 0 aromatic heterocycles. The number of carbonyl (C=O) groups excluding carboxylic acids is 1. The molecule has 0 aromatic carbocycles. The summed E-state index contributed by atoms with van der Waals surface area (Å²) in [6.45, 7) is 6.36. The minimum atomic E-state index is -1.31. The zero-order chi connectivity index (χ0) is 14.5.